The van der Waals surface area contributed by atoms with E-state index in [1.165, 1.54) is 49.7 Å². The van der Waals surface area contributed by atoms with Gasteiger partial charge in [-0.05, 0) is 55.2 Å². The molecule has 0 spiro atoms. The summed E-state index contributed by atoms with van der Waals surface area (Å²) in [5, 5.41) is 3.70. The first-order valence-electron chi connectivity index (χ1n) is 6.95. The highest BCUT2D eigenvalue weighted by molar-refractivity contribution is 5.54. The Morgan fingerprint density at radius 1 is 1.18 bits per heavy atom. The SMILES string of the molecule is Nc1cccc2c1C(CNC1CCC1)CCC2. The number of hydrogen-bond donors (Lipinski definition) is 2. The Morgan fingerprint density at radius 2 is 2.06 bits per heavy atom. The van der Waals surface area contributed by atoms with Gasteiger partial charge >= 0.3 is 0 Å². The number of anilines is 1. The number of aryl methyl sites for hydroxylation is 1. The van der Waals surface area contributed by atoms with Crippen molar-refractivity contribution in [2.45, 2.75) is 50.5 Å². The summed E-state index contributed by atoms with van der Waals surface area (Å²) in [6.45, 7) is 1.12. The summed E-state index contributed by atoms with van der Waals surface area (Å²) >= 11 is 0. The molecular weight excluding hydrogens is 208 g/mol. The van der Waals surface area contributed by atoms with Crippen molar-refractivity contribution in [1.29, 1.82) is 0 Å². The number of hydrogen-bond acceptors (Lipinski definition) is 2. The molecule has 0 aromatic heterocycles. The van der Waals surface area contributed by atoms with Gasteiger partial charge in [-0.3, -0.25) is 0 Å². The highest BCUT2D eigenvalue weighted by Crippen LogP contribution is 2.35. The van der Waals surface area contributed by atoms with Crippen molar-refractivity contribution < 1.29 is 0 Å². The van der Waals surface area contributed by atoms with Crippen molar-refractivity contribution >= 4 is 5.69 Å². The van der Waals surface area contributed by atoms with Gasteiger partial charge in [0, 0.05) is 18.3 Å². The number of nitrogens with one attached hydrogen (secondary N) is 1. The third-order valence-corrected chi connectivity index (χ3v) is 4.40. The van der Waals surface area contributed by atoms with E-state index in [4.69, 9.17) is 5.73 Å². The van der Waals surface area contributed by atoms with E-state index in [1.54, 1.807) is 0 Å². The lowest BCUT2D eigenvalue weighted by molar-refractivity contribution is 0.326. The molecule has 2 aliphatic carbocycles. The molecule has 3 rings (SSSR count). The number of nitrogen functional groups attached to an aromatic ring is 1. The van der Waals surface area contributed by atoms with E-state index in [0.717, 1.165) is 18.3 Å². The van der Waals surface area contributed by atoms with Gasteiger partial charge in [0.25, 0.3) is 0 Å². The van der Waals surface area contributed by atoms with Gasteiger partial charge in [-0.15, -0.1) is 0 Å². The molecule has 0 bridgehead atoms. The molecule has 1 atom stereocenters. The van der Waals surface area contributed by atoms with E-state index in [-0.39, 0.29) is 0 Å². The molecule has 2 aliphatic rings. The number of benzene rings is 1. The first-order valence-corrected chi connectivity index (χ1v) is 6.95. The van der Waals surface area contributed by atoms with Gasteiger partial charge in [-0.1, -0.05) is 18.6 Å². The van der Waals surface area contributed by atoms with E-state index in [0.29, 0.717) is 5.92 Å². The van der Waals surface area contributed by atoms with Crippen LogP contribution in [0.4, 0.5) is 5.69 Å². The predicted octanol–water partition coefficient (Wildman–Crippen LogP) is 2.83. The van der Waals surface area contributed by atoms with Crippen molar-refractivity contribution in [3.63, 3.8) is 0 Å². The summed E-state index contributed by atoms with van der Waals surface area (Å²) < 4.78 is 0. The Balaban J connectivity index is 1.73. The van der Waals surface area contributed by atoms with Crippen LogP contribution >= 0.6 is 0 Å². The summed E-state index contributed by atoms with van der Waals surface area (Å²) in [6, 6.07) is 7.18. The lowest BCUT2D eigenvalue weighted by Gasteiger charge is -2.32. The van der Waals surface area contributed by atoms with Gasteiger partial charge in [0.15, 0.2) is 0 Å². The van der Waals surface area contributed by atoms with Gasteiger partial charge in [0.05, 0.1) is 0 Å². The lowest BCUT2D eigenvalue weighted by atomic mass is 9.81. The van der Waals surface area contributed by atoms with Crippen molar-refractivity contribution in [1.82, 2.24) is 5.32 Å². The van der Waals surface area contributed by atoms with Crippen LogP contribution in [0.15, 0.2) is 18.2 Å². The third-order valence-electron chi connectivity index (χ3n) is 4.40. The molecule has 1 aromatic carbocycles. The third kappa shape index (κ3) is 2.19. The molecule has 2 heteroatoms. The van der Waals surface area contributed by atoms with Gasteiger partial charge in [-0.2, -0.15) is 0 Å². The van der Waals surface area contributed by atoms with Gasteiger partial charge < -0.3 is 11.1 Å². The van der Waals surface area contributed by atoms with Crippen LogP contribution in [0.5, 0.6) is 0 Å². The molecule has 1 aromatic rings. The second-order valence-electron chi connectivity index (χ2n) is 5.55. The molecule has 3 N–H and O–H groups in total. The minimum absolute atomic E-state index is 0.639. The van der Waals surface area contributed by atoms with Crippen LogP contribution in [0.1, 0.15) is 49.1 Å². The van der Waals surface area contributed by atoms with E-state index >= 15 is 0 Å². The molecule has 92 valence electrons. The van der Waals surface area contributed by atoms with E-state index in [9.17, 15) is 0 Å². The number of nitrogens with two attached hydrogens (primary N) is 1. The molecule has 0 aliphatic heterocycles. The minimum atomic E-state index is 0.639. The second-order valence-corrected chi connectivity index (χ2v) is 5.55. The summed E-state index contributed by atoms with van der Waals surface area (Å²) in [6.07, 6.45) is 7.95. The topological polar surface area (TPSA) is 38.0 Å². The normalized spacial score (nSPS) is 24.1. The molecule has 17 heavy (non-hydrogen) atoms. The molecule has 0 saturated heterocycles. The van der Waals surface area contributed by atoms with Crippen LogP contribution in [0.3, 0.4) is 0 Å². The molecule has 0 heterocycles. The monoisotopic (exact) mass is 230 g/mol. The Kier molecular flexibility index (Phi) is 3.06. The van der Waals surface area contributed by atoms with Crippen molar-refractivity contribution in [3.8, 4) is 0 Å². The summed E-state index contributed by atoms with van der Waals surface area (Å²) in [4.78, 5) is 0. The summed E-state index contributed by atoms with van der Waals surface area (Å²) in [5.41, 5.74) is 10.1. The fraction of sp³-hybridized carbons (Fsp3) is 0.600. The van der Waals surface area contributed by atoms with Crippen LogP contribution < -0.4 is 11.1 Å². The van der Waals surface area contributed by atoms with E-state index in [2.05, 4.69) is 23.5 Å². The zero-order valence-corrected chi connectivity index (χ0v) is 10.4. The molecule has 0 amide bonds. The first kappa shape index (κ1) is 11.1. The fourth-order valence-corrected chi connectivity index (χ4v) is 3.16. The average molecular weight is 230 g/mol. The molecule has 1 saturated carbocycles. The summed E-state index contributed by atoms with van der Waals surface area (Å²) in [5.74, 6) is 0.639. The maximum Gasteiger partial charge on any atom is 0.0352 e. The lowest BCUT2D eigenvalue weighted by Crippen LogP contribution is -2.38. The standard InChI is InChI=1S/C15H22N2/c16-14-9-2-5-11-4-1-6-12(15(11)14)10-17-13-7-3-8-13/h2,5,9,12-13,17H,1,3-4,6-8,10,16H2. The second kappa shape index (κ2) is 4.69. The smallest absolute Gasteiger partial charge is 0.0352 e. The van der Waals surface area contributed by atoms with Gasteiger partial charge in [0.1, 0.15) is 0 Å². The van der Waals surface area contributed by atoms with Crippen LogP contribution in [0.2, 0.25) is 0 Å². The molecule has 2 nitrogen and oxygen atoms in total. The highest BCUT2D eigenvalue weighted by atomic mass is 14.9. The quantitative estimate of drug-likeness (QED) is 0.784. The highest BCUT2D eigenvalue weighted by Gasteiger charge is 2.24. The Labute approximate surface area is 104 Å². The zero-order chi connectivity index (χ0) is 11.7. The minimum Gasteiger partial charge on any atom is -0.398 e. The van der Waals surface area contributed by atoms with E-state index < -0.39 is 0 Å². The Morgan fingerprint density at radius 3 is 2.82 bits per heavy atom. The predicted molar refractivity (Wildman–Crippen MR) is 72.2 cm³/mol. The van der Waals surface area contributed by atoms with Crippen molar-refractivity contribution in [3.05, 3.63) is 29.3 Å². The Hall–Kier alpha value is -1.02. The largest absolute Gasteiger partial charge is 0.398 e. The molecule has 1 unspecified atom stereocenters. The van der Waals surface area contributed by atoms with Crippen LogP contribution in [-0.2, 0) is 6.42 Å². The molecule has 0 radical (unpaired) electrons. The average Bonchev–Trinajstić information content (AvgIpc) is 2.27. The van der Waals surface area contributed by atoms with Gasteiger partial charge in [0.2, 0.25) is 0 Å². The van der Waals surface area contributed by atoms with Crippen LogP contribution in [-0.4, -0.2) is 12.6 Å². The fourth-order valence-electron chi connectivity index (χ4n) is 3.16. The Bertz CT molecular complexity index is 396. The maximum absolute atomic E-state index is 6.16. The van der Waals surface area contributed by atoms with Crippen molar-refractivity contribution in [2.24, 2.45) is 0 Å². The zero-order valence-electron chi connectivity index (χ0n) is 10.4. The molecule has 1 fully saturated rings. The first-order chi connectivity index (χ1) is 8.34. The van der Waals surface area contributed by atoms with E-state index in [1.807, 2.05) is 0 Å². The number of fused-ring (bicyclic) bond motifs is 1. The molecular formula is C15H22N2. The van der Waals surface area contributed by atoms with Crippen molar-refractivity contribution in [2.75, 3.05) is 12.3 Å². The van der Waals surface area contributed by atoms with Crippen LogP contribution in [0, 0.1) is 0 Å². The van der Waals surface area contributed by atoms with Crippen LogP contribution in [0.25, 0.3) is 0 Å². The number of rotatable bonds is 3. The van der Waals surface area contributed by atoms with Gasteiger partial charge in [-0.25, -0.2) is 0 Å². The maximum atomic E-state index is 6.16. The summed E-state index contributed by atoms with van der Waals surface area (Å²) in [7, 11) is 0.